The van der Waals surface area contributed by atoms with Gasteiger partial charge in [0.25, 0.3) is 0 Å². The number of rotatable bonds is 4. The Hall–Kier alpha value is -2.31. The first-order valence-corrected chi connectivity index (χ1v) is 15.4. The minimum absolute atomic E-state index is 0.0239. The third kappa shape index (κ3) is 3.15. The van der Waals surface area contributed by atoms with Gasteiger partial charge in [-0.1, -0.05) is 27.7 Å². The van der Waals surface area contributed by atoms with Gasteiger partial charge in [-0.15, -0.1) is 0 Å². The topological polar surface area (TPSA) is 165 Å². The summed E-state index contributed by atoms with van der Waals surface area (Å²) in [7, 11) is 0. The van der Waals surface area contributed by atoms with Crippen molar-refractivity contribution < 1.29 is 53.1 Å². The van der Waals surface area contributed by atoms with Crippen molar-refractivity contribution in [3.05, 3.63) is 24.2 Å². The molecule has 0 amide bonds. The lowest BCUT2D eigenvalue weighted by atomic mass is 9.33. The molecule has 3 heterocycles. The minimum atomic E-state index is -1.46. The second-order valence-electron chi connectivity index (χ2n) is 14.9. The second-order valence-corrected chi connectivity index (χ2v) is 14.9. The summed E-state index contributed by atoms with van der Waals surface area (Å²) in [6.45, 7) is 10.0. The van der Waals surface area contributed by atoms with E-state index < -0.39 is 93.4 Å². The number of aliphatic hydroxyl groups is 3. The molecule has 43 heavy (non-hydrogen) atoms. The quantitative estimate of drug-likeness (QED) is 0.341. The van der Waals surface area contributed by atoms with Gasteiger partial charge in [0.15, 0.2) is 5.78 Å². The van der Waals surface area contributed by atoms with Gasteiger partial charge in [0.2, 0.25) is 6.29 Å². The fourth-order valence-corrected chi connectivity index (χ4v) is 11.0. The van der Waals surface area contributed by atoms with E-state index in [1.54, 1.807) is 33.3 Å². The van der Waals surface area contributed by atoms with E-state index in [0.717, 1.165) is 5.56 Å². The number of ether oxygens (including phenoxy) is 4. The molecule has 2 bridgehead atoms. The number of fused-ring (bicyclic) bond motifs is 1. The molecule has 6 aliphatic rings. The average molecular weight is 603 g/mol. The second kappa shape index (κ2) is 8.90. The summed E-state index contributed by atoms with van der Waals surface area (Å²) in [5.41, 5.74) is -4.95. The van der Waals surface area contributed by atoms with Crippen LogP contribution in [0.4, 0.5) is 0 Å². The highest BCUT2D eigenvalue weighted by Gasteiger charge is 2.92. The molecule has 11 nitrogen and oxygen atoms in total. The van der Waals surface area contributed by atoms with Crippen molar-refractivity contribution in [1.29, 1.82) is 0 Å². The maximum Gasteiger partial charge on any atom is 0.310 e. The van der Waals surface area contributed by atoms with Gasteiger partial charge in [-0.2, -0.15) is 0 Å². The molecule has 7 rings (SSSR count). The van der Waals surface area contributed by atoms with Crippen molar-refractivity contribution in [1.82, 2.24) is 0 Å². The predicted molar refractivity (Wildman–Crippen MR) is 146 cm³/mol. The van der Waals surface area contributed by atoms with Crippen LogP contribution in [0.15, 0.2) is 23.0 Å². The molecule has 1 aromatic rings. The number of aliphatic hydroxyl groups excluding tert-OH is 3. The normalized spacial score (nSPS) is 52.9. The summed E-state index contributed by atoms with van der Waals surface area (Å²) in [5, 5.41) is 36.4. The molecule has 4 aliphatic carbocycles. The zero-order valence-electron chi connectivity index (χ0n) is 25.4. The largest absolute Gasteiger partial charge is 0.472 e. The number of ketones is 1. The Morgan fingerprint density at radius 2 is 1.74 bits per heavy atom. The van der Waals surface area contributed by atoms with Crippen LogP contribution in [0.1, 0.15) is 72.3 Å². The van der Waals surface area contributed by atoms with E-state index in [1.165, 1.54) is 6.92 Å². The van der Waals surface area contributed by atoms with Crippen LogP contribution in [-0.2, 0) is 33.3 Å². The molecule has 2 aliphatic heterocycles. The predicted octanol–water partition coefficient (Wildman–Crippen LogP) is 2.10. The molecule has 11 heteroatoms. The fourth-order valence-electron chi connectivity index (χ4n) is 11.0. The third-order valence-electron chi connectivity index (χ3n) is 13.0. The van der Waals surface area contributed by atoms with Crippen LogP contribution < -0.4 is 0 Å². The summed E-state index contributed by atoms with van der Waals surface area (Å²) in [6, 6.07) is 1.84. The Kier molecular flexibility index (Phi) is 6.09. The standard InChI is InChI=1S/C32H42O11/c1-14(2)26(38)42-27-28(4)18-10-19(34)30(6)24(31(18,13-40-27)20(35)11-21(28)41-15(3)33)23(36)25(37)29(5)17(16-7-8-39-12-16)9-22-32(29,30)43-22/h7-8,12,14,17-22,24-25,27,34-35,37H,9-11,13H2,1-6H3/t17-,18-,19+,20-,21+,22+,24-,25-,27-,28+,29+,30+,31+,32-/m0/s1. The number of esters is 2. The zero-order valence-corrected chi connectivity index (χ0v) is 25.4. The van der Waals surface area contributed by atoms with E-state index in [4.69, 9.17) is 23.4 Å². The Morgan fingerprint density at radius 1 is 1.02 bits per heavy atom. The highest BCUT2D eigenvalue weighted by molar-refractivity contribution is 5.91. The number of hydrogen-bond donors (Lipinski definition) is 3. The highest BCUT2D eigenvalue weighted by atomic mass is 16.7. The average Bonchev–Trinajstić information content (AvgIpc) is 3.30. The molecule has 0 aromatic carbocycles. The number of carbonyl (C=O) groups excluding carboxylic acids is 3. The first-order chi connectivity index (χ1) is 20.1. The first-order valence-electron chi connectivity index (χ1n) is 15.4. The number of carbonyl (C=O) groups is 3. The van der Waals surface area contributed by atoms with Crippen LogP contribution in [0.2, 0.25) is 0 Å². The summed E-state index contributed by atoms with van der Waals surface area (Å²) in [5.74, 6) is -3.98. The van der Waals surface area contributed by atoms with E-state index in [9.17, 15) is 29.7 Å². The number of epoxide rings is 1. The Bertz CT molecular complexity index is 1360. The molecule has 1 aromatic heterocycles. The minimum Gasteiger partial charge on any atom is -0.472 e. The van der Waals surface area contributed by atoms with E-state index >= 15 is 0 Å². The van der Waals surface area contributed by atoms with Crippen LogP contribution >= 0.6 is 0 Å². The van der Waals surface area contributed by atoms with Gasteiger partial charge in [0.1, 0.15) is 17.8 Å². The smallest absolute Gasteiger partial charge is 0.310 e. The van der Waals surface area contributed by atoms with Crippen LogP contribution in [0.5, 0.6) is 0 Å². The monoisotopic (exact) mass is 602 g/mol. The van der Waals surface area contributed by atoms with Crippen LogP contribution in [0.25, 0.3) is 0 Å². The highest BCUT2D eigenvalue weighted by Crippen LogP contribution is 2.82. The molecule has 236 valence electrons. The van der Waals surface area contributed by atoms with E-state index in [1.807, 2.05) is 19.9 Å². The van der Waals surface area contributed by atoms with Gasteiger partial charge in [0, 0.05) is 41.4 Å². The number of hydrogen-bond acceptors (Lipinski definition) is 11. The molecule has 4 saturated carbocycles. The molecule has 3 N–H and O–H groups in total. The van der Waals surface area contributed by atoms with Crippen molar-refractivity contribution in [2.75, 3.05) is 6.61 Å². The Balaban J connectivity index is 1.38. The molecule has 1 spiro atoms. The summed E-state index contributed by atoms with van der Waals surface area (Å²) in [4.78, 5) is 39.9. The van der Waals surface area contributed by atoms with Crippen LogP contribution in [0.3, 0.4) is 0 Å². The molecule has 14 atom stereocenters. The van der Waals surface area contributed by atoms with Gasteiger partial charge >= 0.3 is 11.9 Å². The van der Waals surface area contributed by atoms with Gasteiger partial charge in [-0.05, 0) is 37.3 Å². The zero-order chi connectivity index (χ0) is 31.1. The molecule has 6 fully saturated rings. The number of furan rings is 1. The van der Waals surface area contributed by atoms with Crippen LogP contribution in [0, 0.1) is 39.4 Å². The van der Waals surface area contributed by atoms with Crippen LogP contribution in [-0.4, -0.2) is 82.1 Å². The van der Waals surface area contributed by atoms with E-state index in [-0.39, 0.29) is 31.5 Å². The van der Waals surface area contributed by atoms with Crippen molar-refractivity contribution in [2.45, 2.75) is 109 Å². The lowest BCUT2D eigenvalue weighted by Crippen LogP contribution is -2.82. The van der Waals surface area contributed by atoms with Crippen molar-refractivity contribution in [3.8, 4) is 0 Å². The summed E-state index contributed by atoms with van der Waals surface area (Å²) < 4.78 is 29.8. The Morgan fingerprint density at radius 3 is 2.37 bits per heavy atom. The molecular formula is C32H42O11. The third-order valence-corrected chi connectivity index (χ3v) is 13.0. The maximum absolute atomic E-state index is 14.8. The van der Waals surface area contributed by atoms with E-state index in [2.05, 4.69) is 0 Å². The summed E-state index contributed by atoms with van der Waals surface area (Å²) in [6.07, 6.45) is -2.30. The summed E-state index contributed by atoms with van der Waals surface area (Å²) >= 11 is 0. The number of Topliss-reactive ketones (excluding diaryl/α,β-unsaturated/α-hetero) is 1. The Labute approximate surface area is 250 Å². The first kappa shape index (κ1) is 29.4. The van der Waals surface area contributed by atoms with Gasteiger partial charge in [-0.25, -0.2) is 0 Å². The lowest BCUT2D eigenvalue weighted by molar-refractivity contribution is -0.374. The van der Waals surface area contributed by atoms with Gasteiger partial charge in [0.05, 0.1) is 48.8 Å². The van der Waals surface area contributed by atoms with Crippen molar-refractivity contribution in [2.24, 2.45) is 39.4 Å². The molecule has 0 radical (unpaired) electrons. The van der Waals surface area contributed by atoms with Gasteiger partial charge in [-0.3, -0.25) is 14.4 Å². The lowest BCUT2D eigenvalue weighted by Gasteiger charge is -2.73. The fraction of sp³-hybridized carbons (Fsp3) is 0.781. The molecule has 2 saturated heterocycles. The molecule has 0 unspecified atom stereocenters. The van der Waals surface area contributed by atoms with Crippen molar-refractivity contribution >= 4 is 17.7 Å². The van der Waals surface area contributed by atoms with E-state index in [0.29, 0.717) is 6.42 Å². The molecular weight excluding hydrogens is 560 g/mol. The van der Waals surface area contributed by atoms with Crippen molar-refractivity contribution in [3.63, 3.8) is 0 Å². The SMILES string of the molecule is CC(=O)O[C@@H]1C[C@H](O)[C@@]23CO[C@@H](OC(=O)C(C)C)[C@]1(C)[C@@H]2C[C@@H](O)[C@]1(C)[C@@H]3C(=O)[C@H](O)[C@@]2(C)[C@H](c3ccoc3)C[C@H]3O[C@@]321. The van der Waals surface area contributed by atoms with Gasteiger partial charge < -0.3 is 38.7 Å². The maximum atomic E-state index is 14.8.